The van der Waals surface area contributed by atoms with Gasteiger partial charge in [0.25, 0.3) is 5.89 Å². The summed E-state index contributed by atoms with van der Waals surface area (Å²) in [6, 6.07) is 0. The molecule has 1 N–H and O–H groups in total. The minimum absolute atomic E-state index is 0.147. The standard InChI is InChI=1S/C8H7ClN4O2/c1-4(14)6-12-7(15-13-6)5-2-10-8(9)11-3-5/h2-4,14H,1H3/t4-/m1/s1. The summed E-state index contributed by atoms with van der Waals surface area (Å²) in [4.78, 5) is 11.5. The molecular formula is C8H7ClN4O2. The van der Waals surface area contributed by atoms with Crippen LogP contribution in [0.15, 0.2) is 16.9 Å². The van der Waals surface area contributed by atoms with Crippen molar-refractivity contribution < 1.29 is 9.63 Å². The molecule has 2 rings (SSSR count). The average Bonchev–Trinajstić information content (AvgIpc) is 2.68. The van der Waals surface area contributed by atoms with Gasteiger partial charge in [0.05, 0.1) is 5.56 Å². The highest BCUT2D eigenvalue weighted by atomic mass is 35.5. The predicted molar refractivity (Wildman–Crippen MR) is 51.0 cm³/mol. The molecule has 0 bridgehead atoms. The highest BCUT2D eigenvalue weighted by Crippen LogP contribution is 2.17. The molecule has 2 aromatic rings. The fourth-order valence-corrected chi connectivity index (χ4v) is 1.04. The maximum Gasteiger partial charge on any atom is 0.261 e. The smallest absolute Gasteiger partial charge is 0.261 e. The third-order valence-corrected chi connectivity index (χ3v) is 1.88. The van der Waals surface area contributed by atoms with Gasteiger partial charge in [0.15, 0.2) is 5.82 Å². The topological polar surface area (TPSA) is 84.9 Å². The molecule has 2 heterocycles. The normalized spacial score (nSPS) is 12.7. The van der Waals surface area contributed by atoms with Gasteiger partial charge in [-0.25, -0.2) is 9.97 Å². The van der Waals surface area contributed by atoms with Crippen molar-refractivity contribution in [3.05, 3.63) is 23.5 Å². The summed E-state index contributed by atoms with van der Waals surface area (Å²) in [7, 11) is 0. The molecule has 0 saturated carbocycles. The second-order valence-electron chi connectivity index (χ2n) is 2.87. The van der Waals surface area contributed by atoms with Gasteiger partial charge in [-0.05, 0) is 18.5 Å². The van der Waals surface area contributed by atoms with Crippen molar-refractivity contribution in [2.24, 2.45) is 0 Å². The van der Waals surface area contributed by atoms with E-state index in [0.717, 1.165) is 0 Å². The molecule has 0 spiro atoms. The van der Waals surface area contributed by atoms with E-state index in [1.807, 2.05) is 0 Å². The molecule has 78 valence electrons. The van der Waals surface area contributed by atoms with Crippen LogP contribution in [0.1, 0.15) is 18.9 Å². The summed E-state index contributed by atoms with van der Waals surface area (Å²) < 4.78 is 4.91. The number of hydrogen-bond acceptors (Lipinski definition) is 6. The summed E-state index contributed by atoms with van der Waals surface area (Å²) in [5.41, 5.74) is 0.554. The highest BCUT2D eigenvalue weighted by Gasteiger charge is 2.12. The molecule has 0 aliphatic rings. The van der Waals surface area contributed by atoms with Gasteiger partial charge in [-0.1, -0.05) is 5.16 Å². The molecule has 0 unspecified atom stereocenters. The minimum atomic E-state index is -0.768. The van der Waals surface area contributed by atoms with Crippen molar-refractivity contribution >= 4 is 11.6 Å². The van der Waals surface area contributed by atoms with Crippen molar-refractivity contribution in [3.8, 4) is 11.5 Å². The van der Waals surface area contributed by atoms with Gasteiger partial charge in [0, 0.05) is 12.4 Å². The zero-order chi connectivity index (χ0) is 10.8. The molecule has 0 aliphatic carbocycles. The van der Waals surface area contributed by atoms with E-state index in [1.165, 1.54) is 12.4 Å². The van der Waals surface area contributed by atoms with Gasteiger partial charge in [-0.3, -0.25) is 0 Å². The monoisotopic (exact) mass is 226 g/mol. The quantitative estimate of drug-likeness (QED) is 0.776. The van der Waals surface area contributed by atoms with Crippen LogP contribution in [0.25, 0.3) is 11.5 Å². The first-order chi connectivity index (χ1) is 7.16. The first-order valence-electron chi connectivity index (χ1n) is 4.16. The Labute approximate surface area is 89.9 Å². The first-order valence-corrected chi connectivity index (χ1v) is 4.54. The number of rotatable bonds is 2. The van der Waals surface area contributed by atoms with Gasteiger partial charge in [-0.15, -0.1) is 0 Å². The third kappa shape index (κ3) is 2.11. The van der Waals surface area contributed by atoms with E-state index < -0.39 is 6.10 Å². The van der Waals surface area contributed by atoms with E-state index in [2.05, 4.69) is 20.1 Å². The third-order valence-electron chi connectivity index (χ3n) is 1.68. The lowest BCUT2D eigenvalue weighted by atomic mass is 10.3. The zero-order valence-electron chi connectivity index (χ0n) is 7.75. The number of hydrogen-bond donors (Lipinski definition) is 1. The fraction of sp³-hybridized carbons (Fsp3) is 0.250. The van der Waals surface area contributed by atoms with E-state index in [-0.39, 0.29) is 17.0 Å². The Morgan fingerprint density at radius 3 is 2.60 bits per heavy atom. The van der Waals surface area contributed by atoms with Crippen molar-refractivity contribution in [1.82, 2.24) is 20.1 Å². The van der Waals surface area contributed by atoms with Crippen LogP contribution in [-0.2, 0) is 0 Å². The maximum absolute atomic E-state index is 9.19. The summed E-state index contributed by atoms with van der Waals surface area (Å²) in [5, 5.41) is 12.9. The molecule has 0 radical (unpaired) electrons. The van der Waals surface area contributed by atoms with E-state index in [9.17, 15) is 5.11 Å². The number of nitrogens with zero attached hydrogens (tertiary/aromatic N) is 4. The lowest BCUT2D eigenvalue weighted by Crippen LogP contribution is -1.93. The van der Waals surface area contributed by atoms with Crippen LogP contribution in [-0.4, -0.2) is 25.2 Å². The zero-order valence-corrected chi connectivity index (χ0v) is 8.51. The van der Waals surface area contributed by atoms with Crippen LogP contribution >= 0.6 is 11.6 Å². The molecular weight excluding hydrogens is 220 g/mol. The molecule has 15 heavy (non-hydrogen) atoms. The lowest BCUT2D eigenvalue weighted by molar-refractivity contribution is 0.184. The highest BCUT2D eigenvalue weighted by molar-refractivity contribution is 6.28. The lowest BCUT2D eigenvalue weighted by Gasteiger charge is -1.93. The molecule has 0 aliphatic heterocycles. The van der Waals surface area contributed by atoms with Gasteiger partial charge >= 0.3 is 0 Å². The van der Waals surface area contributed by atoms with Crippen LogP contribution < -0.4 is 0 Å². The largest absolute Gasteiger partial charge is 0.385 e. The fourth-order valence-electron chi connectivity index (χ4n) is 0.945. The summed E-state index contributed by atoms with van der Waals surface area (Å²) in [6.45, 7) is 1.55. The Bertz CT molecular complexity index is 454. The number of aliphatic hydroxyl groups is 1. The second-order valence-corrected chi connectivity index (χ2v) is 3.21. The van der Waals surface area contributed by atoms with Crippen molar-refractivity contribution in [3.63, 3.8) is 0 Å². The van der Waals surface area contributed by atoms with E-state index in [4.69, 9.17) is 16.1 Å². The van der Waals surface area contributed by atoms with Gasteiger partial charge < -0.3 is 9.63 Å². The number of halogens is 1. The molecule has 0 amide bonds. The summed E-state index contributed by atoms with van der Waals surface area (Å²) >= 11 is 5.53. The molecule has 7 heteroatoms. The number of aromatic nitrogens is 4. The van der Waals surface area contributed by atoms with Gasteiger partial charge in [0.2, 0.25) is 5.28 Å². The van der Waals surface area contributed by atoms with Crippen LogP contribution in [0, 0.1) is 0 Å². The molecule has 0 fully saturated rings. The molecule has 0 saturated heterocycles. The van der Waals surface area contributed by atoms with Gasteiger partial charge in [0.1, 0.15) is 6.10 Å². The predicted octanol–water partition coefficient (Wildman–Crippen LogP) is 1.23. The number of aliphatic hydroxyl groups excluding tert-OH is 1. The molecule has 6 nitrogen and oxygen atoms in total. The van der Waals surface area contributed by atoms with Crippen molar-refractivity contribution in [2.45, 2.75) is 13.0 Å². The second kappa shape index (κ2) is 3.92. The Kier molecular flexibility index (Phi) is 2.61. The van der Waals surface area contributed by atoms with E-state index >= 15 is 0 Å². The van der Waals surface area contributed by atoms with Crippen LogP contribution in [0.3, 0.4) is 0 Å². The summed E-state index contributed by atoms with van der Waals surface area (Å²) in [5.74, 6) is 0.475. The van der Waals surface area contributed by atoms with Crippen LogP contribution in [0.5, 0.6) is 0 Å². The van der Waals surface area contributed by atoms with Crippen LogP contribution in [0.2, 0.25) is 5.28 Å². The summed E-state index contributed by atoms with van der Waals surface area (Å²) in [6.07, 6.45) is 2.17. The SMILES string of the molecule is C[C@@H](O)c1noc(-c2cnc(Cl)nc2)n1. The van der Waals surface area contributed by atoms with Crippen LogP contribution in [0.4, 0.5) is 0 Å². The Hall–Kier alpha value is -1.53. The Morgan fingerprint density at radius 2 is 2.07 bits per heavy atom. The molecule has 0 aromatic carbocycles. The van der Waals surface area contributed by atoms with Crippen molar-refractivity contribution in [2.75, 3.05) is 0 Å². The molecule has 1 atom stereocenters. The maximum atomic E-state index is 9.19. The minimum Gasteiger partial charge on any atom is -0.385 e. The first kappa shape index (κ1) is 10.0. The molecule has 2 aromatic heterocycles. The Morgan fingerprint density at radius 1 is 1.40 bits per heavy atom. The average molecular weight is 227 g/mol. The van der Waals surface area contributed by atoms with Gasteiger partial charge in [-0.2, -0.15) is 4.98 Å². The Balaban J connectivity index is 2.33. The van der Waals surface area contributed by atoms with Crippen molar-refractivity contribution in [1.29, 1.82) is 0 Å². The van der Waals surface area contributed by atoms with E-state index in [0.29, 0.717) is 5.56 Å². The van der Waals surface area contributed by atoms with E-state index in [1.54, 1.807) is 6.92 Å².